The van der Waals surface area contributed by atoms with Crippen LogP contribution in [0.5, 0.6) is 0 Å². The van der Waals surface area contributed by atoms with Crippen molar-refractivity contribution in [2.45, 2.75) is 30.3 Å². The molecule has 1 aliphatic rings. The third kappa shape index (κ3) is 3.33. The van der Waals surface area contributed by atoms with Crippen LogP contribution in [0.1, 0.15) is 18.5 Å². The molecule has 1 aromatic carbocycles. The van der Waals surface area contributed by atoms with Gasteiger partial charge in [0.1, 0.15) is 0 Å². The highest BCUT2D eigenvalue weighted by atomic mass is 32.2. The summed E-state index contributed by atoms with van der Waals surface area (Å²) in [6.45, 7) is 0.949. The third-order valence-electron chi connectivity index (χ3n) is 4.73. The first-order valence-corrected chi connectivity index (χ1v) is 10.3. The molecule has 140 valence electrons. The number of fused-ring (bicyclic) bond motifs is 1. The van der Waals surface area contributed by atoms with Crippen LogP contribution in [-0.4, -0.2) is 35.9 Å². The van der Waals surface area contributed by atoms with Crippen molar-refractivity contribution in [1.29, 1.82) is 0 Å². The minimum Gasteiger partial charge on any atom is -0.349 e. The van der Waals surface area contributed by atoms with Crippen molar-refractivity contribution in [3.8, 4) is 0 Å². The second kappa shape index (κ2) is 7.13. The lowest BCUT2D eigenvalue weighted by Gasteiger charge is -2.14. The summed E-state index contributed by atoms with van der Waals surface area (Å²) in [5, 5.41) is 6.71. The fraction of sp³-hybridized carbons (Fsp3) is 0.263. The summed E-state index contributed by atoms with van der Waals surface area (Å²) in [4.78, 5) is 16.6. The molecule has 2 aromatic heterocycles. The van der Waals surface area contributed by atoms with Crippen LogP contribution in [0.15, 0.2) is 59.8 Å². The zero-order valence-electron chi connectivity index (χ0n) is 14.6. The maximum Gasteiger partial charge on any atom is 0.268 e. The fourth-order valence-electron chi connectivity index (χ4n) is 3.40. The standard InChI is InChI=1S/C19H20N4O3S/c24-19(17-7-4-9-21-17)22-13-15-11-14-12-20-10-8-18(14)23(15)27(25,26)16-5-2-1-3-6-16/h1-3,5-6,8,10-12,17,21H,4,7,9,13H2,(H,22,24)/t17-/m0/s1. The smallest absolute Gasteiger partial charge is 0.268 e. The van der Waals surface area contributed by atoms with E-state index in [4.69, 9.17) is 0 Å². The van der Waals surface area contributed by atoms with E-state index in [0.29, 0.717) is 16.6 Å². The van der Waals surface area contributed by atoms with Crippen LogP contribution in [-0.2, 0) is 21.4 Å². The summed E-state index contributed by atoms with van der Waals surface area (Å²) in [5.41, 5.74) is 1.03. The molecule has 0 aliphatic carbocycles. The zero-order chi connectivity index (χ0) is 18.9. The van der Waals surface area contributed by atoms with Crippen LogP contribution in [0.2, 0.25) is 0 Å². The number of benzene rings is 1. The Morgan fingerprint density at radius 1 is 1.26 bits per heavy atom. The van der Waals surface area contributed by atoms with Crippen molar-refractivity contribution in [3.63, 3.8) is 0 Å². The van der Waals surface area contributed by atoms with Gasteiger partial charge in [-0.15, -0.1) is 0 Å². The van der Waals surface area contributed by atoms with E-state index in [1.54, 1.807) is 54.9 Å². The molecule has 1 saturated heterocycles. The lowest BCUT2D eigenvalue weighted by atomic mass is 10.2. The lowest BCUT2D eigenvalue weighted by Crippen LogP contribution is -2.40. The number of hydrogen-bond acceptors (Lipinski definition) is 5. The first-order valence-electron chi connectivity index (χ1n) is 8.83. The SMILES string of the molecule is O=C(NCc1cc2cnccc2n1S(=O)(=O)c1ccccc1)[C@@H]1CCCN1. The summed E-state index contributed by atoms with van der Waals surface area (Å²) >= 11 is 0. The topological polar surface area (TPSA) is 93.1 Å². The maximum atomic E-state index is 13.2. The molecule has 0 bridgehead atoms. The number of amides is 1. The van der Waals surface area contributed by atoms with Gasteiger partial charge in [-0.1, -0.05) is 18.2 Å². The molecule has 0 radical (unpaired) electrons. The molecule has 1 amide bonds. The highest BCUT2D eigenvalue weighted by Crippen LogP contribution is 2.25. The molecular formula is C19H20N4O3S. The van der Waals surface area contributed by atoms with Gasteiger partial charge < -0.3 is 10.6 Å². The van der Waals surface area contributed by atoms with Crippen LogP contribution in [0.3, 0.4) is 0 Å². The first kappa shape index (κ1) is 17.7. The van der Waals surface area contributed by atoms with Gasteiger partial charge in [0.25, 0.3) is 10.0 Å². The largest absolute Gasteiger partial charge is 0.349 e. The minimum atomic E-state index is -3.80. The normalized spacial score (nSPS) is 17.3. The van der Waals surface area contributed by atoms with Crippen LogP contribution in [0.4, 0.5) is 0 Å². The molecule has 1 atom stereocenters. The van der Waals surface area contributed by atoms with Gasteiger partial charge in [0.15, 0.2) is 0 Å². The second-order valence-corrected chi connectivity index (χ2v) is 8.31. The quantitative estimate of drug-likeness (QED) is 0.698. The Balaban J connectivity index is 1.73. The Morgan fingerprint density at radius 3 is 2.81 bits per heavy atom. The molecular weight excluding hydrogens is 364 g/mol. The Morgan fingerprint density at radius 2 is 2.07 bits per heavy atom. The monoisotopic (exact) mass is 384 g/mol. The van der Waals surface area contributed by atoms with E-state index in [1.807, 2.05) is 0 Å². The van der Waals surface area contributed by atoms with Crippen LogP contribution >= 0.6 is 0 Å². The van der Waals surface area contributed by atoms with Gasteiger partial charge in [-0.25, -0.2) is 12.4 Å². The van der Waals surface area contributed by atoms with Gasteiger partial charge in [0.05, 0.1) is 28.7 Å². The molecule has 0 unspecified atom stereocenters. The highest BCUT2D eigenvalue weighted by Gasteiger charge is 2.25. The average molecular weight is 384 g/mol. The van der Waals surface area contributed by atoms with Crippen LogP contribution < -0.4 is 10.6 Å². The molecule has 0 spiro atoms. The molecule has 1 fully saturated rings. The van der Waals surface area contributed by atoms with Crippen molar-refractivity contribution in [2.75, 3.05) is 6.54 Å². The number of carbonyl (C=O) groups excluding carboxylic acids is 1. The van der Waals surface area contributed by atoms with E-state index < -0.39 is 10.0 Å². The first-order chi connectivity index (χ1) is 13.1. The number of aromatic nitrogens is 2. The van der Waals surface area contributed by atoms with E-state index in [2.05, 4.69) is 15.6 Å². The summed E-state index contributed by atoms with van der Waals surface area (Å²) in [6, 6.07) is 11.5. The van der Waals surface area contributed by atoms with E-state index in [1.165, 1.54) is 3.97 Å². The van der Waals surface area contributed by atoms with E-state index in [-0.39, 0.29) is 23.4 Å². The van der Waals surface area contributed by atoms with Crippen molar-refractivity contribution < 1.29 is 13.2 Å². The molecule has 2 N–H and O–H groups in total. The molecule has 0 saturated carbocycles. The number of carbonyl (C=O) groups is 1. The van der Waals surface area contributed by atoms with Gasteiger partial charge in [0, 0.05) is 17.8 Å². The predicted molar refractivity (Wildman–Crippen MR) is 102 cm³/mol. The van der Waals surface area contributed by atoms with E-state index in [0.717, 1.165) is 19.4 Å². The Kier molecular flexibility index (Phi) is 4.67. The fourth-order valence-corrected chi connectivity index (χ4v) is 4.97. The van der Waals surface area contributed by atoms with Gasteiger partial charge in [-0.3, -0.25) is 9.78 Å². The average Bonchev–Trinajstić information content (AvgIpc) is 3.34. The summed E-state index contributed by atoms with van der Waals surface area (Å²) in [7, 11) is -3.80. The third-order valence-corrected chi connectivity index (χ3v) is 6.51. The summed E-state index contributed by atoms with van der Waals surface area (Å²) < 4.78 is 27.8. The van der Waals surface area contributed by atoms with E-state index in [9.17, 15) is 13.2 Å². The van der Waals surface area contributed by atoms with Gasteiger partial charge in [0.2, 0.25) is 5.91 Å². The summed E-state index contributed by atoms with van der Waals surface area (Å²) in [5.74, 6) is -0.112. The molecule has 4 rings (SSSR count). The van der Waals surface area contributed by atoms with Crippen molar-refractivity contribution in [3.05, 3.63) is 60.6 Å². The summed E-state index contributed by atoms with van der Waals surface area (Å²) in [6.07, 6.45) is 4.94. The minimum absolute atomic E-state index is 0.112. The molecule has 8 heteroatoms. The molecule has 3 aromatic rings. The second-order valence-electron chi connectivity index (χ2n) is 6.52. The van der Waals surface area contributed by atoms with Gasteiger partial charge in [-0.2, -0.15) is 0 Å². The van der Waals surface area contributed by atoms with E-state index >= 15 is 0 Å². The van der Waals surface area contributed by atoms with Crippen molar-refractivity contribution in [1.82, 2.24) is 19.6 Å². The molecule has 7 nitrogen and oxygen atoms in total. The zero-order valence-corrected chi connectivity index (χ0v) is 15.4. The van der Waals surface area contributed by atoms with Crippen LogP contribution in [0, 0.1) is 0 Å². The Bertz CT molecular complexity index is 1070. The van der Waals surface area contributed by atoms with Crippen LogP contribution in [0.25, 0.3) is 10.9 Å². The Labute approximate surface area is 157 Å². The number of nitrogens with zero attached hydrogens (tertiary/aromatic N) is 2. The number of rotatable bonds is 5. The van der Waals surface area contributed by atoms with Crippen molar-refractivity contribution >= 4 is 26.8 Å². The molecule has 3 heterocycles. The van der Waals surface area contributed by atoms with Crippen molar-refractivity contribution in [2.24, 2.45) is 0 Å². The number of nitrogens with one attached hydrogen (secondary N) is 2. The highest BCUT2D eigenvalue weighted by molar-refractivity contribution is 7.90. The number of pyridine rings is 1. The van der Waals surface area contributed by atoms with Gasteiger partial charge >= 0.3 is 0 Å². The molecule has 1 aliphatic heterocycles. The Hall–Kier alpha value is -2.71. The number of hydrogen-bond donors (Lipinski definition) is 2. The molecule has 27 heavy (non-hydrogen) atoms. The lowest BCUT2D eigenvalue weighted by molar-refractivity contribution is -0.122. The maximum absolute atomic E-state index is 13.2. The van der Waals surface area contributed by atoms with Gasteiger partial charge in [-0.05, 0) is 43.7 Å². The predicted octanol–water partition coefficient (Wildman–Crippen LogP) is 1.64.